The standard InChI is InChI=1S/C19H22O2/c20-18(15-14-16-8-3-1-4-9-16)12-7-13-19(21)17-10-5-2-6-11-17/h1-11,13,18-21H,12,14-15H2/b13-7-/t18-,19-/m1/s1. The van der Waals surface area contributed by atoms with E-state index in [2.05, 4.69) is 12.1 Å². The second-order valence-electron chi connectivity index (χ2n) is 5.20. The molecular formula is C19H22O2. The second kappa shape index (κ2) is 8.40. The number of hydrogen-bond donors (Lipinski definition) is 2. The Morgan fingerprint density at radius 3 is 2.14 bits per heavy atom. The Morgan fingerprint density at radius 2 is 1.48 bits per heavy atom. The van der Waals surface area contributed by atoms with E-state index >= 15 is 0 Å². The van der Waals surface area contributed by atoms with E-state index in [1.54, 1.807) is 6.08 Å². The van der Waals surface area contributed by atoms with Gasteiger partial charge in [-0.2, -0.15) is 0 Å². The van der Waals surface area contributed by atoms with Gasteiger partial charge in [-0.05, 0) is 30.4 Å². The van der Waals surface area contributed by atoms with E-state index in [9.17, 15) is 10.2 Å². The Kier molecular flexibility index (Phi) is 6.20. The van der Waals surface area contributed by atoms with Gasteiger partial charge in [0.25, 0.3) is 0 Å². The first-order chi connectivity index (χ1) is 10.3. The molecule has 0 bridgehead atoms. The third-order valence-electron chi connectivity index (χ3n) is 3.48. The number of hydrogen-bond acceptors (Lipinski definition) is 2. The molecule has 2 aromatic rings. The van der Waals surface area contributed by atoms with Crippen LogP contribution in [0.2, 0.25) is 0 Å². The summed E-state index contributed by atoms with van der Waals surface area (Å²) in [6, 6.07) is 19.7. The molecule has 2 nitrogen and oxygen atoms in total. The first-order valence-electron chi connectivity index (χ1n) is 7.37. The lowest BCUT2D eigenvalue weighted by Crippen LogP contribution is -2.06. The molecule has 0 saturated heterocycles. The summed E-state index contributed by atoms with van der Waals surface area (Å²) in [6.45, 7) is 0. The fourth-order valence-electron chi connectivity index (χ4n) is 2.22. The van der Waals surface area contributed by atoms with Crippen LogP contribution >= 0.6 is 0 Å². The van der Waals surface area contributed by atoms with E-state index in [0.717, 1.165) is 18.4 Å². The highest BCUT2D eigenvalue weighted by Gasteiger charge is 2.04. The number of aryl methyl sites for hydroxylation is 1. The maximum atomic E-state index is 9.97. The minimum absolute atomic E-state index is 0.371. The molecule has 0 aromatic heterocycles. The van der Waals surface area contributed by atoms with Gasteiger partial charge in [0.05, 0.1) is 12.2 Å². The molecule has 0 fully saturated rings. The SMILES string of the molecule is O[C@H](C/C=C\[C@@H](O)c1ccccc1)CCc1ccccc1. The molecule has 21 heavy (non-hydrogen) atoms. The highest BCUT2D eigenvalue weighted by atomic mass is 16.3. The van der Waals surface area contributed by atoms with E-state index < -0.39 is 6.10 Å². The smallest absolute Gasteiger partial charge is 0.0971 e. The van der Waals surface area contributed by atoms with Crippen LogP contribution in [0.3, 0.4) is 0 Å². The summed E-state index contributed by atoms with van der Waals surface area (Å²) in [5, 5.41) is 19.9. The maximum Gasteiger partial charge on any atom is 0.0971 e. The fourth-order valence-corrected chi connectivity index (χ4v) is 2.22. The molecule has 0 unspecified atom stereocenters. The van der Waals surface area contributed by atoms with Crippen LogP contribution in [0, 0.1) is 0 Å². The molecule has 2 N–H and O–H groups in total. The Balaban J connectivity index is 1.73. The van der Waals surface area contributed by atoms with Crippen LogP contribution in [0.25, 0.3) is 0 Å². The summed E-state index contributed by atoms with van der Waals surface area (Å²) < 4.78 is 0. The van der Waals surface area contributed by atoms with Gasteiger partial charge in [0, 0.05) is 0 Å². The monoisotopic (exact) mass is 282 g/mol. The molecule has 2 heteroatoms. The molecule has 2 atom stereocenters. The molecule has 0 amide bonds. The van der Waals surface area contributed by atoms with Crippen molar-refractivity contribution >= 4 is 0 Å². The van der Waals surface area contributed by atoms with Crippen LogP contribution in [0.1, 0.15) is 30.1 Å². The topological polar surface area (TPSA) is 40.5 Å². The maximum absolute atomic E-state index is 9.97. The number of rotatable bonds is 7. The van der Waals surface area contributed by atoms with Crippen molar-refractivity contribution in [1.82, 2.24) is 0 Å². The van der Waals surface area contributed by atoms with Gasteiger partial charge in [0.2, 0.25) is 0 Å². The molecule has 0 radical (unpaired) electrons. The van der Waals surface area contributed by atoms with Crippen molar-refractivity contribution in [2.24, 2.45) is 0 Å². The van der Waals surface area contributed by atoms with Crippen LogP contribution < -0.4 is 0 Å². The summed E-state index contributed by atoms with van der Waals surface area (Å²) in [5.41, 5.74) is 2.11. The van der Waals surface area contributed by atoms with E-state index in [4.69, 9.17) is 0 Å². The van der Waals surface area contributed by atoms with Crippen molar-refractivity contribution in [2.75, 3.05) is 0 Å². The lowest BCUT2D eigenvalue weighted by Gasteiger charge is -2.09. The summed E-state index contributed by atoms with van der Waals surface area (Å²) >= 11 is 0. The highest BCUT2D eigenvalue weighted by molar-refractivity contribution is 5.21. The van der Waals surface area contributed by atoms with E-state index in [0.29, 0.717) is 6.42 Å². The van der Waals surface area contributed by atoms with Crippen LogP contribution in [0.15, 0.2) is 72.8 Å². The van der Waals surface area contributed by atoms with Crippen LogP contribution in [0.4, 0.5) is 0 Å². The number of benzene rings is 2. The molecule has 0 aliphatic rings. The molecule has 0 heterocycles. The Morgan fingerprint density at radius 1 is 0.857 bits per heavy atom. The molecule has 0 aliphatic heterocycles. The fraction of sp³-hybridized carbons (Fsp3) is 0.263. The van der Waals surface area contributed by atoms with E-state index in [1.165, 1.54) is 5.56 Å². The summed E-state index contributed by atoms with van der Waals surface area (Å²) in [4.78, 5) is 0. The van der Waals surface area contributed by atoms with Crippen molar-refractivity contribution in [1.29, 1.82) is 0 Å². The summed E-state index contributed by atoms with van der Waals surface area (Å²) in [6.07, 6.45) is 4.79. The highest BCUT2D eigenvalue weighted by Crippen LogP contribution is 2.14. The van der Waals surface area contributed by atoms with Gasteiger partial charge in [-0.3, -0.25) is 0 Å². The Bertz CT molecular complexity index is 534. The summed E-state index contributed by atoms with van der Waals surface area (Å²) in [7, 11) is 0. The molecular weight excluding hydrogens is 260 g/mol. The van der Waals surface area contributed by atoms with Crippen LogP contribution in [0.5, 0.6) is 0 Å². The van der Waals surface area contributed by atoms with Gasteiger partial charge in [-0.15, -0.1) is 0 Å². The minimum Gasteiger partial charge on any atom is -0.393 e. The predicted molar refractivity (Wildman–Crippen MR) is 85.9 cm³/mol. The molecule has 0 aliphatic carbocycles. The van der Waals surface area contributed by atoms with Gasteiger partial charge in [-0.1, -0.05) is 72.8 Å². The zero-order valence-corrected chi connectivity index (χ0v) is 12.1. The minimum atomic E-state index is -0.604. The van der Waals surface area contributed by atoms with Crippen molar-refractivity contribution in [3.8, 4) is 0 Å². The van der Waals surface area contributed by atoms with Gasteiger partial charge in [-0.25, -0.2) is 0 Å². The third kappa shape index (κ3) is 5.54. The van der Waals surface area contributed by atoms with E-state index in [-0.39, 0.29) is 6.10 Å². The Labute approximate surface area is 126 Å². The van der Waals surface area contributed by atoms with Crippen molar-refractivity contribution in [2.45, 2.75) is 31.5 Å². The molecule has 0 saturated carbocycles. The zero-order valence-electron chi connectivity index (χ0n) is 12.1. The zero-order chi connectivity index (χ0) is 14.9. The average molecular weight is 282 g/mol. The number of aliphatic hydroxyl groups is 2. The molecule has 2 rings (SSSR count). The third-order valence-corrected chi connectivity index (χ3v) is 3.48. The largest absolute Gasteiger partial charge is 0.393 e. The quantitative estimate of drug-likeness (QED) is 0.761. The van der Waals surface area contributed by atoms with Crippen LogP contribution in [-0.2, 0) is 6.42 Å². The van der Waals surface area contributed by atoms with Gasteiger partial charge in [0.1, 0.15) is 0 Å². The van der Waals surface area contributed by atoms with Gasteiger partial charge in [0.15, 0.2) is 0 Å². The predicted octanol–water partition coefficient (Wildman–Crippen LogP) is 3.66. The molecule has 0 spiro atoms. The van der Waals surface area contributed by atoms with Crippen molar-refractivity contribution in [3.05, 3.63) is 83.9 Å². The molecule has 2 aromatic carbocycles. The lowest BCUT2D eigenvalue weighted by atomic mass is 10.0. The lowest BCUT2D eigenvalue weighted by molar-refractivity contribution is 0.167. The van der Waals surface area contributed by atoms with Crippen LogP contribution in [-0.4, -0.2) is 16.3 Å². The summed E-state index contributed by atoms with van der Waals surface area (Å²) in [5.74, 6) is 0. The van der Waals surface area contributed by atoms with Gasteiger partial charge >= 0.3 is 0 Å². The van der Waals surface area contributed by atoms with Crippen molar-refractivity contribution < 1.29 is 10.2 Å². The van der Waals surface area contributed by atoms with E-state index in [1.807, 2.05) is 54.6 Å². The van der Waals surface area contributed by atoms with Gasteiger partial charge < -0.3 is 10.2 Å². The normalized spacial score (nSPS) is 14.2. The first kappa shape index (κ1) is 15.5. The molecule has 110 valence electrons. The number of aliphatic hydroxyl groups excluding tert-OH is 2. The Hall–Kier alpha value is -1.90. The first-order valence-corrected chi connectivity index (χ1v) is 7.37. The average Bonchev–Trinajstić information content (AvgIpc) is 2.54. The second-order valence-corrected chi connectivity index (χ2v) is 5.20. The van der Waals surface area contributed by atoms with Crippen molar-refractivity contribution in [3.63, 3.8) is 0 Å².